The smallest absolute Gasteiger partial charge is 0.0554 e. The monoisotopic (exact) mass is 292 g/mol. The molecule has 0 N–H and O–H groups in total. The van der Waals surface area contributed by atoms with E-state index in [1.54, 1.807) is 0 Å². The molecule has 0 saturated heterocycles. The van der Waals surface area contributed by atoms with Gasteiger partial charge in [-0.15, -0.1) is 0 Å². The van der Waals surface area contributed by atoms with Crippen LogP contribution in [0.2, 0.25) is 13.1 Å². The fourth-order valence-corrected chi connectivity index (χ4v) is 2.24. The molecule has 108 valence electrons. The summed E-state index contributed by atoms with van der Waals surface area (Å²) in [5.74, 6) is 0. The molecule has 0 atom stereocenters. The van der Waals surface area contributed by atoms with E-state index in [0.29, 0.717) is 0 Å². The second-order valence-corrected chi connectivity index (χ2v) is 7.96. The van der Waals surface area contributed by atoms with Gasteiger partial charge >= 0.3 is 0 Å². The fourth-order valence-electron chi connectivity index (χ4n) is 1.64. The molecule has 0 spiro atoms. The maximum Gasteiger partial charge on any atom is 0.0554 e. The van der Waals surface area contributed by atoms with Crippen LogP contribution in [0.25, 0.3) is 18.2 Å². The average molecular weight is 292 g/mol. The lowest BCUT2D eigenvalue weighted by molar-refractivity contribution is 1.62. The lowest BCUT2D eigenvalue weighted by atomic mass is 10.1. The molecule has 0 radical (unpaired) electrons. The van der Waals surface area contributed by atoms with E-state index in [0.717, 1.165) is 0 Å². The summed E-state index contributed by atoms with van der Waals surface area (Å²) in [5, 5.41) is 0. The van der Waals surface area contributed by atoms with Crippen molar-refractivity contribution in [1.29, 1.82) is 0 Å². The highest BCUT2D eigenvalue weighted by Gasteiger charge is 1.89. The first kappa shape index (κ1) is 16.9. The van der Waals surface area contributed by atoms with Gasteiger partial charge in [0.2, 0.25) is 0 Å². The van der Waals surface area contributed by atoms with Crippen molar-refractivity contribution in [2.45, 2.75) is 13.1 Å². The van der Waals surface area contributed by atoms with E-state index in [1.165, 1.54) is 16.7 Å². The molecule has 0 fully saturated rings. The quantitative estimate of drug-likeness (QED) is 0.634. The number of benzene rings is 2. The second-order valence-electron chi connectivity index (χ2n) is 5.09. The lowest BCUT2D eigenvalue weighted by Crippen LogP contribution is -1.91. The second kappa shape index (κ2) is 9.73. The normalized spacial score (nSPS) is 10.0. The van der Waals surface area contributed by atoms with Gasteiger partial charge in [-0.2, -0.15) is 0 Å². The summed E-state index contributed by atoms with van der Waals surface area (Å²) >= 11 is 0. The SMILES string of the molecule is C=Cc1ccc(C=C[SiH](C)C)cc1.C=Cc1ccccc1. The lowest BCUT2D eigenvalue weighted by Gasteiger charge is -1.96. The van der Waals surface area contributed by atoms with E-state index in [1.807, 2.05) is 42.5 Å². The van der Waals surface area contributed by atoms with Gasteiger partial charge in [0.25, 0.3) is 0 Å². The van der Waals surface area contributed by atoms with Gasteiger partial charge in [0.05, 0.1) is 8.80 Å². The average Bonchev–Trinajstić information content (AvgIpc) is 2.54. The van der Waals surface area contributed by atoms with E-state index in [9.17, 15) is 0 Å². The Hall–Kier alpha value is -2.12. The maximum absolute atomic E-state index is 3.72. The molecule has 0 heterocycles. The molecule has 21 heavy (non-hydrogen) atoms. The summed E-state index contributed by atoms with van der Waals surface area (Å²) in [4.78, 5) is 0. The summed E-state index contributed by atoms with van der Waals surface area (Å²) in [5.41, 5.74) is 5.97. The minimum atomic E-state index is -0.561. The first-order valence-electron chi connectivity index (χ1n) is 7.24. The van der Waals surface area contributed by atoms with Crippen LogP contribution >= 0.6 is 0 Å². The Kier molecular flexibility index (Phi) is 7.84. The van der Waals surface area contributed by atoms with E-state index in [4.69, 9.17) is 0 Å². The largest absolute Gasteiger partial charge is 0.0985 e. The van der Waals surface area contributed by atoms with Gasteiger partial charge in [-0.05, 0) is 16.7 Å². The van der Waals surface area contributed by atoms with Crippen molar-refractivity contribution in [3.63, 3.8) is 0 Å². The highest BCUT2D eigenvalue weighted by atomic mass is 28.3. The molecular weight excluding hydrogens is 268 g/mol. The van der Waals surface area contributed by atoms with Gasteiger partial charge in [0.1, 0.15) is 0 Å². The number of hydrogen-bond donors (Lipinski definition) is 0. The van der Waals surface area contributed by atoms with Crippen molar-refractivity contribution in [1.82, 2.24) is 0 Å². The van der Waals surface area contributed by atoms with Gasteiger partial charge in [0.15, 0.2) is 0 Å². The molecule has 0 aliphatic rings. The Morgan fingerprint density at radius 1 is 0.714 bits per heavy atom. The van der Waals surface area contributed by atoms with Crippen molar-refractivity contribution in [2.75, 3.05) is 0 Å². The molecule has 0 nitrogen and oxygen atoms in total. The van der Waals surface area contributed by atoms with Crippen LogP contribution in [-0.2, 0) is 0 Å². The molecule has 2 aromatic carbocycles. The van der Waals surface area contributed by atoms with Crippen LogP contribution in [0.15, 0.2) is 73.5 Å². The topological polar surface area (TPSA) is 0 Å². The Bertz CT molecular complexity index is 563. The van der Waals surface area contributed by atoms with Crippen molar-refractivity contribution in [3.05, 3.63) is 90.1 Å². The van der Waals surface area contributed by atoms with Crippen molar-refractivity contribution in [2.24, 2.45) is 0 Å². The van der Waals surface area contributed by atoms with Gasteiger partial charge in [-0.3, -0.25) is 0 Å². The molecule has 0 aromatic heterocycles. The van der Waals surface area contributed by atoms with Crippen LogP contribution in [-0.4, -0.2) is 8.80 Å². The molecule has 0 aliphatic heterocycles. The Morgan fingerprint density at radius 3 is 1.62 bits per heavy atom. The zero-order chi connectivity index (χ0) is 15.5. The van der Waals surface area contributed by atoms with E-state index < -0.39 is 8.80 Å². The van der Waals surface area contributed by atoms with Gasteiger partial charge < -0.3 is 0 Å². The fraction of sp³-hybridized carbons (Fsp3) is 0.100. The third-order valence-electron chi connectivity index (χ3n) is 2.88. The van der Waals surface area contributed by atoms with Crippen molar-refractivity contribution >= 4 is 27.0 Å². The molecule has 0 aliphatic carbocycles. The van der Waals surface area contributed by atoms with Crippen molar-refractivity contribution < 1.29 is 0 Å². The molecule has 1 heteroatoms. The molecule has 0 unspecified atom stereocenters. The maximum atomic E-state index is 3.72. The van der Waals surface area contributed by atoms with Crippen LogP contribution in [0.1, 0.15) is 16.7 Å². The van der Waals surface area contributed by atoms with E-state index >= 15 is 0 Å². The predicted octanol–water partition coefficient (Wildman–Crippen LogP) is 5.70. The highest BCUT2D eigenvalue weighted by molar-refractivity contribution is 6.62. The number of rotatable bonds is 4. The standard InChI is InChI=1S/C12H16Si.C8H8/c1-4-11-5-7-12(8-6-11)9-10-13(2)3;1-2-8-6-4-3-5-7-8/h4-10,13H,1H2,2-3H3;2-7H,1H2. The summed E-state index contributed by atoms with van der Waals surface area (Å²) in [6.07, 6.45) is 5.91. The molecular formula is C20H24Si. The first-order chi connectivity index (χ1) is 10.2. The summed E-state index contributed by atoms with van der Waals surface area (Å²) in [6, 6.07) is 18.5. The Labute approximate surface area is 130 Å². The minimum absolute atomic E-state index is 0.561. The predicted molar refractivity (Wildman–Crippen MR) is 101 cm³/mol. The summed E-state index contributed by atoms with van der Waals surface area (Å²) < 4.78 is 0. The molecule has 2 aromatic rings. The third kappa shape index (κ3) is 7.28. The van der Waals surface area contributed by atoms with Crippen LogP contribution in [0.3, 0.4) is 0 Å². The van der Waals surface area contributed by atoms with Gasteiger partial charge in [-0.1, -0.05) is 105 Å². The minimum Gasteiger partial charge on any atom is -0.0985 e. The zero-order valence-corrected chi connectivity index (χ0v) is 14.2. The van der Waals surface area contributed by atoms with Crippen molar-refractivity contribution in [3.8, 4) is 0 Å². The van der Waals surface area contributed by atoms with Gasteiger partial charge in [0, 0.05) is 0 Å². The Morgan fingerprint density at radius 2 is 1.19 bits per heavy atom. The van der Waals surface area contributed by atoms with Gasteiger partial charge in [-0.25, -0.2) is 0 Å². The first-order valence-corrected chi connectivity index (χ1v) is 10.2. The van der Waals surface area contributed by atoms with Crippen LogP contribution in [0.4, 0.5) is 0 Å². The molecule has 0 saturated carbocycles. The van der Waals surface area contributed by atoms with E-state index in [-0.39, 0.29) is 0 Å². The highest BCUT2D eigenvalue weighted by Crippen LogP contribution is 2.07. The molecule has 0 bridgehead atoms. The third-order valence-corrected chi connectivity index (χ3v) is 3.84. The van der Waals surface area contributed by atoms with Crippen LogP contribution in [0.5, 0.6) is 0 Å². The Balaban J connectivity index is 0.000000235. The summed E-state index contributed by atoms with van der Waals surface area (Å²) in [6.45, 7) is 12.0. The van der Waals surface area contributed by atoms with Crippen LogP contribution < -0.4 is 0 Å². The number of hydrogen-bond acceptors (Lipinski definition) is 0. The summed E-state index contributed by atoms with van der Waals surface area (Å²) in [7, 11) is -0.561. The molecule has 2 rings (SSSR count). The van der Waals surface area contributed by atoms with Crippen LogP contribution in [0, 0.1) is 0 Å². The van der Waals surface area contributed by atoms with E-state index in [2.05, 4.69) is 62.3 Å². The zero-order valence-electron chi connectivity index (χ0n) is 13.0. The molecule has 0 amide bonds.